The lowest BCUT2D eigenvalue weighted by Crippen LogP contribution is -1.95. The third kappa shape index (κ3) is 3.79. The lowest BCUT2D eigenvalue weighted by molar-refractivity contribution is 0.305. The summed E-state index contributed by atoms with van der Waals surface area (Å²) in [6.07, 6.45) is 8.93. The van der Waals surface area contributed by atoms with Crippen molar-refractivity contribution < 1.29 is 4.74 Å². The van der Waals surface area contributed by atoms with Gasteiger partial charge >= 0.3 is 0 Å². The summed E-state index contributed by atoms with van der Waals surface area (Å²) in [5, 5.41) is 7.52. The van der Waals surface area contributed by atoms with E-state index in [1.807, 2.05) is 66.2 Å². The molecule has 1 aromatic carbocycles. The number of imidazole rings is 2. The van der Waals surface area contributed by atoms with Gasteiger partial charge in [0.2, 0.25) is 0 Å². The Morgan fingerprint density at radius 1 is 1.03 bits per heavy atom. The standard InChI is InChI=1S/C25H20N8O/c1-16-13-33(15-28-16)22-7-8-27-25-23(22)29-24(30-25)21-10-20(31-32-21)18-9-19(12-26-11-18)34-14-17-5-3-2-4-6-17/h2-13,15H,14H2,1H3,(H,31,32)(H,27,29,30). The van der Waals surface area contributed by atoms with Gasteiger partial charge in [-0.1, -0.05) is 30.3 Å². The van der Waals surface area contributed by atoms with Crippen molar-refractivity contribution in [2.24, 2.45) is 0 Å². The average molecular weight is 448 g/mol. The molecule has 0 spiro atoms. The minimum atomic E-state index is 0.475. The number of hydrogen-bond acceptors (Lipinski definition) is 6. The topological polar surface area (TPSA) is 110 Å². The molecule has 0 saturated carbocycles. The highest BCUT2D eigenvalue weighted by atomic mass is 16.5. The van der Waals surface area contributed by atoms with Crippen molar-refractivity contribution in [2.45, 2.75) is 13.5 Å². The molecule has 0 radical (unpaired) electrons. The van der Waals surface area contributed by atoms with Gasteiger partial charge in [0.15, 0.2) is 11.5 Å². The molecule has 0 unspecified atom stereocenters. The van der Waals surface area contributed by atoms with Crippen LogP contribution in [0.25, 0.3) is 39.6 Å². The maximum absolute atomic E-state index is 5.91. The normalized spacial score (nSPS) is 11.2. The fourth-order valence-corrected chi connectivity index (χ4v) is 3.76. The van der Waals surface area contributed by atoms with Gasteiger partial charge in [-0.15, -0.1) is 0 Å². The van der Waals surface area contributed by atoms with Gasteiger partial charge in [-0.25, -0.2) is 15.0 Å². The number of nitrogens with one attached hydrogen (secondary N) is 2. The van der Waals surface area contributed by atoms with E-state index in [1.165, 1.54) is 0 Å². The van der Waals surface area contributed by atoms with E-state index in [0.29, 0.717) is 23.8 Å². The van der Waals surface area contributed by atoms with Crippen LogP contribution in [0.3, 0.4) is 0 Å². The Morgan fingerprint density at radius 3 is 2.79 bits per heavy atom. The number of nitrogens with zero attached hydrogens (tertiary/aromatic N) is 6. The first-order valence-electron chi connectivity index (χ1n) is 10.8. The van der Waals surface area contributed by atoms with E-state index in [2.05, 4.69) is 35.1 Å². The summed E-state index contributed by atoms with van der Waals surface area (Å²) in [6, 6.07) is 15.8. The van der Waals surface area contributed by atoms with E-state index in [-0.39, 0.29) is 0 Å². The molecule has 166 valence electrons. The number of fused-ring (bicyclic) bond motifs is 1. The molecule has 0 atom stereocenters. The highest BCUT2D eigenvalue weighted by Gasteiger charge is 2.14. The lowest BCUT2D eigenvalue weighted by Gasteiger charge is -2.06. The zero-order valence-electron chi connectivity index (χ0n) is 18.3. The van der Waals surface area contributed by atoms with Crippen LogP contribution in [0, 0.1) is 6.92 Å². The zero-order valence-corrected chi connectivity index (χ0v) is 18.3. The molecule has 6 rings (SSSR count). The smallest absolute Gasteiger partial charge is 0.180 e. The highest BCUT2D eigenvalue weighted by molar-refractivity contribution is 5.83. The second-order valence-corrected chi connectivity index (χ2v) is 7.89. The molecule has 0 amide bonds. The van der Waals surface area contributed by atoms with Crippen LogP contribution in [0.1, 0.15) is 11.3 Å². The first-order valence-corrected chi connectivity index (χ1v) is 10.8. The molecule has 0 fully saturated rings. The molecule has 5 aromatic heterocycles. The van der Waals surface area contributed by atoms with E-state index in [9.17, 15) is 0 Å². The number of ether oxygens (including phenoxy) is 1. The molecule has 0 saturated heterocycles. The third-order valence-corrected chi connectivity index (χ3v) is 5.45. The van der Waals surface area contributed by atoms with Gasteiger partial charge in [0, 0.05) is 24.2 Å². The largest absolute Gasteiger partial charge is 0.487 e. The molecule has 6 aromatic rings. The molecule has 5 heterocycles. The summed E-state index contributed by atoms with van der Waals surface area (Å²) in [5.41, 5.74) is 6.73. The summed E-state index contributed by atoms with van der Waals surface area (Å²) in [7, 11) is 0. The van der Waals surface area contributed by atoms with Crippen LogP contribution in [-0.4, -0.2) is 39.7 Å². The maximum atomic E-state index is 5.91. The van der Waals surface area contributed by atoms with E-state index >= 15 is 0 Å². The first kappa shape index (κ1) is 19.9. The van der Waals surface area contributed by atoms with E-state index in [4.69, 9.17) is 4.74 Å². The van der Waals surface area contributed by atoms with Gasteiger partial charge in [-0.2, -0.15) is 5.10 Å². The number of aryl methyl sites for hydroxylation is 1. The molecular formula is C25H20N8O. The van der Waals surface area contributed by atoms with Crippen molar-refractivity contribution in [2.75, 3.05) is 0 Å². The number of rotatable bonds is 6. The lowest BCUT2D eigenvalue weighted by atomic mass is 10.2. The average Bonchev–Trinajstić information content (AvgIpc) is 3.62. The minimum Gasteiger partial charge on any atom is -0.487 e. The van der Waals surface area contributed by atoms with Crippen LogP contribution in [0.15, 0.2) is 79.6 Å². The summed E-state index contributed by atoms with van der Waals surface area (Å²) in [5.74, 6) is 1.33. The van der Waals surface area contributed by atoms with Crippen LogP contribution >= 0.6 is 0 Å². The predicted molar refractivity (Wildman–Crippen MR) is 127 cm³/mol. The van der Waals surface area contributed by atoms with E-state index in [0.717, 1.165) is 39.4 Å². The van der Waals surface area contributed by atoms with E-state index in [1.54, 1.807) is 24.9 Å². The Kier molecular flexibility index (Phi) is 4.84. The summed E-state index contributed by atoms with van der Waals surface area (Å²) >= 11 is 0. The van der Waals surface area contributed by atoms with Gasteiger partial charge in [0.25, 0.3) is 0 Å². The number of H-pyrrole nitrogens is 2. The SMILES string of the molecule is Cc1cn(-c2ccnc3nc(-c4cc(-c5cncc(OCc6ccccc6)c5)n[nH]4)[nH]c23)cn1. The molecule has 9 nitrogen and oxygen atoms in total. The molecule has 0 aliphatic heterocycles. The number of pyridine rings is 2. The second-order valence-electron chi connectivity index (χ2n) is 7.89. The van der Waals surface area contributed by atoms with Crippen molar-refractivity contribution in [1.82, 2.24) is 39.7 Å². The van der Waals surface area contributed by atoms with Crippen LogP contribution in [0.2, 0.25) is 0 Å². The van der Waals surface area contributed by atoms with Gasteiger partial charge in [-0.3, -0.25) is 10.1 Å². The Balaban J connectivity index is 1.27. The second kappa shape index (κ2) is 8.28. The number of hydrogen-bond donors (Lipinski definition) is 2. The Hall–Kier alpha value is -4.79. The third-order valence-electron chi connectivity index (χ3n) is 5.45. The van der Waals surface area contributed by atoms with Gasteiger partial charge in [0.05, 0.1) is 29.6 Å². The summed E-state index contributed by atoms with van der Waals surface area (Å²) in [6.45, 7) is 2.43. The highest BCUT2D eigenvalue weighted by Crippen LogP contribution is 2.27. The minimum absolute atomic E-state index is 0.475. The van der Waals surface area contributed by atoms with Gasteiger partial charge in [0.1, 0.15) is 23.6 Å². The fourth-order valence-electron chi connectivity index (χ4n) is 3.76. The molecule has 34 heavy (non-hydrogen) atoms. The van der Waals surface area contributed by atoms with Crippen LogP contribution < -0.4 is 4.74 Å². The first-order chi connectivity index (χ1) is 16.7. The fraction of sp³-hybridized carbons (Fsp3) is 0.0800. The van der Waals surface area contributed by atoms with Crippen molar-refractivity contribution in [3.05, 3.63) is 90.9 Å². The molecule has 0 bridgehead atoms. The Labute approximate surface area is 194 Å². The quantitative estimate of drug-likeness (QED) is 0.389. The molecule has 0 aliphatic carbocycles. The monoisotopic (exact) mass is 448 g/mol. The van der Waals surface area contributed by atoms with Crippen molar-refractivity contribution in [3.8, 4) is 34.2 Å². The van der Waals surface area contributed by atoms with Crippen LogP contribution in [-0.2, 0) is 6.61 Å². The molecule has 0 aliphatic rings. The van der Waals surface area contributed by atoms with Crippen molar-refractivity contribution in [1.29, 1.82) is 0 Å². The molecule has 9 heteroatoms. The zero-order chi connectivity index (χ0) is 22.9. The molecule has 2 N–H and O–H groups in total. The maximum Gasteiger partial charge on any atom is 0.180 e. The Morgan fingerprint density at radius 2 is 1.94 bits per heavy atom. The number of aromatic nitrogens is 8. The number of aromatic amines is 2. The van der Waals surface area contributed by atoms with E-state index < -0.39 is 0 Å². The van der Waals surface area contributed by atoms with Gasteiger partial charge in [-0.05, 0) is 30.7 Å². The molecular weight excluding hydrogens is 428 g/mol. The van der Waals surface area contributed by atoms with Crippen molar-refractivity contribution in [3.63, 3.8) is 0 Å². The van der Waals surface area contributed by atoms with Crippen LogP contribution in [0.4, 0.5) is 0 Å². The van der Waals surface area contributed by atoms with Crippen LogP contribution in [0.5, 0.6) is 5.75 Å². The van der Waals surface area contributed by atoms with Crippen molar-refractivity contribution >= 4 is 11.2 Å². The Bertz CT molecular complexity index is 1580. The summed E-state index contributed by atoms with van der Waals surface area (Å²) < 4.78 is 7.86. The number of benzene rings is 1. The van der Waals surface area contributed by atoms with Gasteiger partial charge < -0.3 is 14.3 Å². The predicted octanol–water partition coefficient (Wildman–Crippen LogP) is 4.48. The summed E-state index contributed by atoms with van der Waals surface area (Å²) in [4.78, 5) is 21.1.